The lowest BCUT2D eigenvalue weighted by atomic mass is 9.87. The van der Waals surface area contributed by atoms with Crippen LogP contribution in [0.5, 0.6) is 0 Å². The standard InChI is InChI=1S/C26H48N7O17P3S/c1-25(2,20(36)23(37)29-7-5-16(34)28-8-10-54-9-6-26(3,4)38)12-47-53(44,45)50-52(42,43)46-11-15-19(49-51(39,40)41)18(35)24(48-15)33-14-32-17-21(27)30-13-31-22(17)33/h13-16,18-20,24,28,34-36,38H,5-12H2,1-4H3,(H,29,37)(H,42,43)(H,44,45)(H2,27,30,31)(H2,39,40,41)/t15-,16?,18-,19-,20?,24-/m1/s1. The van der Waals surface area contributed by atoms with Crippen molar-refractivity contribution in [3.05, 3.63) is 12.7 Å². The van der Waals surface area contributed by atoms with E-state index in [9.17, 15) is 58.5 Å². The van der Waals surface area contributed by atoms with Gasteiger partial charge in [-0.3, -0.25) is 28.2 Å². The molecule has 8 atom stereocenters. The summed E-state index contributed by atoms with van der Waals surface area (Å²) in [7, 11) is -16.3. The van der Waals surface area contributed by atoms with E-state index in [0.29, 0.717) is 18.7 Å². The first-order valence-electron chi connectivity index (χ1n) is 16.1. The molecular weight excluding hydrogens is 807 g/mol. The quantitative estimate of drug-likeness (QED) is 0.0366. The number of aromatic nitrogens is 4. The minimum absolute atomic E-state index is 0.0362. The molecule has 1 aliphatic rings. The van der Waals surface area contributed by atoms with Gasteiger partial charge in [0.15, 0.2) is 17.7 Å². The molecule has 2 aromatic rings. The third-order valence-corrected chi connectivity index (χ3v) is 11.7. The van der Waals surface area contributed by atoms with Crippen molar-refractivity contribution in [3.8, 4) is 0 Å². The summed E-state index contributed by atoms with van der Waals surface area (Å²) in [6.07, 6.45) is -6.91. The highest BCUT2D eigenvalue weighted by atomic mass is 32.2. The van der Waals surface area contributed by atoms with Crippen LogP contribution in [0.1, 0.15) is 46.8 Å². The number of rotatable bonds is 23. The summed E-state index contributed by atoms with van der Waals surface area (Å²) in [5, 5.41) is 46.5. The number of aliphatic hydroxyl groups is 4. The number of thioether (sulfide) groups is 1. The van der Waals surface area contributed by atoms with E-state index in [1.165, 1.54) is 13.8 Å². The van der Waals surface area contributed by atoms with Crippen LogP contribution in [-0.4, -0.2) is 139 Å². The molecule has 28 heteroatoms. The SMILES string of the molecule is CC(C)(O)CCSCCNC(O)CCNC(=O)C(O)C(C)(C)COP(=O)(O)OP(=O)(O)OC[C@H]1O[C@@H](n2cnc3c(N)ncnc32)[C@H](O)[C@@H]1OP(=O)(O)O. The largest absolute Gasteiger partial charge is 0.481 e. The molecule has 2 aromatic heterocycles. The first-order valence-corrected chi connectivity index (χ1v) is 21.8. The number of phosphoric ester groups is 3. The highest BCUT2D eigenvalue weighted by molar-refractivity contribution is 7.99. The van der Waals surface area contributed by atoms with Gasteiger partial charge in [0.25, 0.3) is 0 Å². The fourth-order valence-corrected chi connectivity index (χ4v) is 8.65. The van der Waals surface area contributed by atoms with Crippen LogP contribution in [0.25, 0.3) is 11.2 Å². The molecule has 24 nitrogen and oxygen atoms in total. The van der Waals surface area contributed by atoms with Crippen LogP contribution >= 0.6 is 35.2 Å². The van der Waals surface area contributed by atoms with Crippen LogP contribution in [0, 0.1) is 5.41 Å². The number of imidazole rings is 1. The second-order valence-corrected chi connectivity index (χ2v) is 18.9. The summed E-state index contributed by atoms with van der Waals surface area (Å²) in [5.41, 5.74) is 3.56. The number of anilines is 1. The van der Waals surface area contributed by atoms with Gasteiger partial charge in [0.1, 0.15) is 42.5 Å². The number of carbonyl (C=O) groups excluding carboxylic acids is 1. The fourth-order valence-electron chi connectivity index (χ4n) is 4.71. The molecule has 1 aliphatic heterocycles. The lowest BCUT2D eigenvalue weighted by Crippen LogP contribution is -2.46. The molecule has 0 aliphatic carbocycles. The van der Waals surface area contributed by atoms with Crippen molar-refractivity contribution >= 4 is 58.1 Å². The van der Waals surface area contributed by atoms with Crippen molar-refractivity contribution < 1.29 is 81.1 Å². The third-order valence-electron chi connectivity index (χ3n) is 7.63. The second-order valence-electron chi connectivity index (χ2n) is 13.4. The molecule has 0 aromatic carbocycles. The van der Waals surface area contributed by atoms with Crippen molar-refractivity contribution in [2.24, 2.45) is 5.41 Å². The van der Waals surface area contributed by atoms with Crippen molar-refractivity contribution in [1.82, 2.24) is 30.2 Å². The van der Waals surface area contributed by atoms with Crippen LogP contribution in [0.2, 0.25) is 0 Å². The number of nitrogens with one attached hydrogen (secondary N) is 2. The molecule has 3 rings (SSSR count). The maximum atomic E-state index is 12.7. The second kappa shape index (κ2) is 19.2. The Morgan fingerprint density at radius 3 is 2.37 bits per heavy atom. The number of aliphatic hydroxyl groups excluding tert-OH is 3. The zero-order valence-electron chi connectivity index (χ0n) is 29.6. The Hall–Kier alpha value is -1.70. The van der Waals surface area contributed by atoms with Gasteiger partial charge >= 0.3 is 23.5 Å². The first-order chi connectivity index (χ1) is 24.8. The minimum Gasteiger partial charge on any atom is -0.390 e. The first kappa shape index (κ1) is 46.7. The van der Waals surface area contributed by atoms with E-state index in [4.69, 9.17) is 19.5 Å². The number of nitrogens with zero attached hydrogens (tertiary/aromatic N) is 4. The Balaban J connectivity index is 1.50. The van der Waals surface area contributed by atoms with Crippen LogP contribution < -0.4 is 16.4 Å². The van der Waals surface area contributed by atoms with E-state index in [2.05, 4.69) is 34.4 Å². The van der Waals surface area contributed by atoms with Gasteiger partial charge in [0.05, 0.1) is 25.1 Å². The molecule has 54 heavy (non-hydrogen) atoms. The number of carbonyl (C=O) groups is 1. The third kappa shape index (κ3) is 14.7. The number of hydrogen-bond donors (Lipinski definition) is 11. The van der Waals surface area contributed by atoms with Gasteiger partial charge in [-0.2, -0.15) is 16.1 Å². The van der Waals surface area contributed by atoms with E-state index < -0.39 is 90.5 Å². The van der Waals surface area contributed by atoms with Gasteiger partial charge in [-0.15, -0.1) is 0 Å². The molecule has 1 amide bonds. The number of hydrogen-bond acceptors (Lipinski definition) is 19. The van der Waals surface area contributed by atoms with Crippen LogP contribution in [0.3, 0.4) is 0 Å². The van der Waals surface area contributed by atoms with Gasteiger partial charge in [-0.05, 0) is 26.0 Å². The molecular formula is C26H48N7O17P3S. The van der Waals surface area contributed by atoms with Gasteiger partial charge < -0.3 is 55.8 Å². The summed E-state index contributed by atoms with van der Waals surface area (Å²) >= 11 is 1.59. The molecule has 12 N–H and O–H groups in total. The highest BCUT2D eigenvalue weighted by Gasteiger charge is 2.50. The van der Waals surface area contributed by atoms with Crippen molar-refractivity contribution in [2.75, 3.05) is 43.5 Å². The molecule has 1 saturated heterocycles. The Morgan fingerprint density at radius 2 is 1.72 bits per heavy atom. The maximum absolute atomic E-state index is 12.7. The normalized spacial score (nSPS) is 23.2. The topological polar surface area (TPSA) is 370 Å². The summed E-state index contributed by atoms with van der Waals surface area (Å²) in [6, 6.07) is 0. The average molecular weight is 856 g/mol. The number of phosphoric acid groups is 3. The number of amides is 1. The van der Waals surface area contributed by atoms with Crippen molar-refractivity contribution in [1.29, 1.82) is 0 Å². The monoisotopic (exact) mass is 855 g/mol. The summed E-state index contributed by atoms with van der Waals surface area (Å²) in [4.78, 5) is 63.5. The zero-order valence-corrected chi connectivity index (χ0v) is 33.1. The van der Waals surface area contributed by atoms with Crippen LogP contribution in [0.4, 0.5) is 5.82 Å². The van der Waals surface area contributed by atoms with Gasteiger partial charge in [0.2, 0.25) is 5.91 Å². The molecule has 0 bridgehead atoms. The minimum atomic E-state index is -5.55. The Bertz CT molecular complexity index is 1700. The lowest BCUT2D eigenvalue weighted by molar-refractivity contribution is -0.137. The van der Waals surface area contributed by atoms with Crippen LogP contribution in [0.15, 0.2) is 12.7 Å². The number of nitrogens with two attached hydrogens (primary N) is 1. The smallest absolute Gasteiger partial charge is 0.390 e. The van der Waals surface area contributed by atoms with E-state index >= 15 is 0 Å². The number of fused-ring (bicyclic) bond motifs is 1. The predicted octanol–water partition coefficient (Wildman–Crippen LogP) is -0.909. The fraction of sp³-hybridized carbons (Fsp3) is 0.769. The maximum Gasteiger partial charge on any atom is 0.481 e. The summed E-state index contributed by atoms with van der Waals surface area (Å²) in [6.45, 7) is 4.44. The van der Waals surface area contributed by atoms with Crippen LogP contribution in [-0.2, 0) is 41.1 Å². The molecule has 1 fully saturated rings. The zero-order chi connectivity index (χ0) is 40.7. The molecule has 3 heterocycles. The molecule has 0 saturated carbocycles. The Labute approximate surface area is 313 Å². The molecule has 310 valence electrons. The lowest BCUT2D eigenvalue weighted by Gasteiger charge is -2.30. The molecule has 0 radical (unpaired) electrons. The predicted molar refractivity (Wildman–Crippen MR) is 189 cm³/mol. The highest BCUT2D eigenvalue weighted by Crippen LogP contribution is 2.61. The molecule has 4 unspecified atom stereocenters. The van der Waals surface area contributed by atoms with E-state index in [0.717, 1.165) is 23.0 Å². The average Bonchev–Trinajstić information content (AvgIpc) is 3.60. The molecule has 0 spiro atoms. The van der Waals surface area contributed by atoms with E-state index in [1.54, 1.807) is 25.6 Å². The summed E-state index contributed by atoms with van der Waals surface area (Å²) < 4.78 is 62.1. The Kier molecular flexibility index (Phi) is 16.6. The van der Waals surface area contributed by atoms with Crippen molar-refractivity contribution in [3.63, 3.8) is 0 Å². The van der Waals surface area contributed by atoms with Gasteiger partial charge in [-0.1, -0.05) is 13.8 Å². The number of ether oxygens (including phenoxy) is 1. The van der Waals surface area contributed by atoms with Gasteiger partial charge in [-0.25, -0.2) is 28.6 Å². The van der Waals surface area contributed by atoms with Gasteiger partial charge in [0, 0.05) is 30.7 Å². The van der Waals surface area contributed by atoms with Crippen molar-refractivity contribution in [2.45, 2.75) is 83.0 Å². The van der Waals surface area contributed by atoms with E-state index in [-0.39, 0.29) is 29.9 Å². The Morgan fingerprint density at radius 1 is 1.06 bits per heavy atom. The van der Waals surface area contributed by atoms with E-state index in [1.807, 2.05) is 0 Å². The summed E-state index contributed by atoms with van der Waals surface area (Å²) in [5.74, 6) is 0.467. The number of nitrogen functional groups attached to an aromatic ring is 1.